The summed E-state index contributed by atoms with van der Waals surface area (Å²) in [6, 6.07) is 13.4. The number of carbonyl (C=O) groups is 2. The molecule has 0 aromatic heterocycles. The van der Waals surface area contributed by atoms with Crippen molar-refractivity contribution in [3.63, 3.8) is 0 Å². The van der Waals surface area contributed by atoms with Crippen LogP contribution in [0.4, 0.5) is 5.69 Å². The fraction of sp³-hybridized carbons (Fsp3) is 0.440. The summed E-state index contributed by atoms with van der Waals surface area (Å²) in [5, 5.41) is 0. The molecule has 0 N–H and O–H groups in total. The smallest absolute Gasteiger partial charge is 0.264 e. The fourth-order valence-corrected chi connectivity index (χ4v) is 7.80. The Hall–Kier alpha value is -2.67. The third-order valence-corrected chi connectivity index (χ3v) is 9.56. The molecule has 0 unspecified atom stereocenters. The van der Waals surface area contributed by atoms with Crippen LogP contribution in [0.25, 0.3) is 0 Å². The maximum absolute atomic E-state index is 14.0. The summed E-state index contributed by atoms with van der Waals surface area (Å²) >= 11 is 0. The van der Waals surface area contributed by atoms with Gasteiger partial charge in [-0.05, 0) is 49.9 Å². The molecule has 0 spiro atoms. The van der Waals surface area contributed by atoms with Gasteiger partial charge >= 0.3 is 0 Å². The maximum Gasteiger partial charge on any atom is 0.264 e. The number of carbonyl (C=O) groups excluding carboxylic acids is 2. The van der Waals surface area contributed by atoms with Crippen LogP contribution in [0.3, 0.4) is 0 Å². The van der Waals surface area contributed by atoms with Gasteiger partial charge in [-0.3, -0.25) is 9.10 Å². The molecule has 3 heterocycles. The number of para-hydroxylation sites is 1. The van der Waals surface area contributed by atoms with Gasteiger partial charge < -0.3 is 9.69 Å². The van der Waals surface area contributed by atoms with Crippen LogP contribution in [0.2, 0.25) is 0 Å². The van der Waals surface area contributed by atoms with Crippen molar-refractivity contribution in [2.75, 3.05) is 10.8 Å². The first-order valence-corrected chi connectivity index (χ1v) is 12.7. The van der Waals surface area contributed by atoms with Crippen LogP contribution in [0, 0.1) is 12.3 Å². The number of piperidine rings is 2. The Bertz CT molecular complexity index is 1180. The number of nitrogens with zero attached hydrogens (tertiary/aromatic N) is 2. The van der Waals surface area contributed by atoms with Crippen LogP contribution in [-0.4, -0.2) is 44.1 Å². The Morgan fingerprint density at radius 3 is 2.53 bits per heavy atom. The largest absolute Gasteiger partial charge is 0.337 e. The topological polar surface area (TPSA) is 74.8 Å². The van der Waals surface area contributed by atoms with Crippen molar-refractivity contribution in [3.8, 4) is 0 Å². The molecule has 0 saturated carbocycles. The Kier molecular flexibility index (Phi) is 4.93. The molecular formula is C25H28N2O4S. The van der Waals surface area contributed by atoms with Crippen LogP contribution in [0.1, 0.15) is 49.7 Å². The zero-order valence-corrected chi connectivity index (χ0v) is 19.2. The molecule has 5 rings (SSSR count). The van der Waals surface area contributed by atoms with E-state index in [1.807, 2.05) is 38.1 Å². The molecule has 2 saturated heterocycles. The van der Waals surface area contributed by atoms with Crippen LogP contribution >= 0.6 is 0 Å². The molecule has 3 aliphatic heterocycles. The molecule has 2 fully saturated rings. The lowest BCUT2D eigenvalue weighted by atomic mass is 9.65. The summed E-state index contributed by atoms with van der Waals surface area (Å²) in [6.07, 6.45) is 3.24. The summed E-state index contributed by atoms with van der Waals surface area (Å²) in [5.41, 5.74) is 1.73. The average molecular weight is 453 g/mol. The number of fused-ring (bicyclic) bond motifs is 5. The highest BCUT2D eigenvalue weighted by Gasteiger charge is 2.60. The second-order valence-corrected chi connectivity index (χ2v) is 11.1. The summed E-state index contributed by atoms with van der Waals surface area (Å²) in [7, 11) is -3.89. The molecule has 4 atom stereocenters. The highest BCUT2D eigenvalue weighted by atomic mass is 32.2. The van der Waals surface area contributed by atoms with E-state index in [4.69, 9.17) is 0 Å². The molecule has 6 nitrogen and oxygen atoms in total. The van der Waals surface area contributed by atoms with Gasteiger partial charge in [0.1, 0.15) is 6.29 Å². The second-order valence-electron chi connectivity index (χ2n) is 9.31. The van der Waals surface area contributed by atoms with Crippen molar-refractivity contribution in [1.29, 1.82) is 0 Å². The molecule has 1 amide bonds. The summed E-state index contributed by atoms with van der Waals surface area (Å²) < 4.78 is 29.6. The number of aryl methyl sites for hydroxylation is 1. The van der Waals surface area contributed by atoms with E-state index in [1.54, 1.807) is 29.2 Å². The van der Waals surface area contributed by atoms with E-state index in [-0.39, 0.29) is 23.1 Å². The van der Waals surface area contributed by atoms with Gasteiger partial charge in [-0.2, -0.15) is 0 Å². The lowest BCUT2D eigenvalue weighted by molar-refractivity contribution is -0.149. The van der Waals surface area contributed by atoms with Crippen LogP contribution in [0.15, 0.2) is 53.4 Å². The minimum atomic E-state index is -3.89. The van der Waals surface area contributed by atoms with Crippen molar-refractivity contribution < 1.29 is 18.0 Å². The van der Waals surface area contributed by atoms with Crippen LogP contribution in [-0.2, 0) is 19.6 Å². The molecular weight excluding hydrogens is 424 g/mol. The van der Waals surface area contributed by atoms with Crippen molar-refractivity contribution in [2.24, 2.45) is 5.41 Å². The number of hydrogen-bond acceptors (Lipinski definition) is 4. The first-order valence-electron chi connectivity index (χ1n) is 11.3. The van der Waals surface area contributed by atoms with E-state index in [0.717, 1.165) is 23.8 Å². The number of hydrogen-bond donors (Lipinski definition) is 0. The molecule has 7 heteroatoms. The third-order valence-electron chi connectivity index (χ3n) is 7.73. The van der Waals surface area contributed by atoms with Gasteiger partial charge in [-0.25, -0.2) is 8.42 Å². The summed E-state index contributed by atoms with van der Waals surface area (Å²) in [6.45, 7) is 4.45. The minimum absolute atomic E-state index is 0.0139. The van der Waals surface area contributed by atoms with E-state index < -0.39 is 27.5 Å². The highest BCUT2D eigenvalue weighted by Crippen LogP contribution is 2.55. The third kappa shape index (κ3) is 2.86. The molecule has 2 aromatic carbocycles. The van der Waals surface area contributed by atoms with Gasteiger partial charge in [-0.15, -0.1) is 0 Å². The number of amides is 1. The predicted octanol–water partition coefficient (Wildman–Crippen LogP) is 3.65. The average Bonchev–Trinajstić information content (AvgIpc) is 3.14. The molecule has 0 aliphatic carbocycles. The van der Waals surface area contributed by atoms with Crippen molar-refractivity contribution in [1.82, 2.24) is 4.90 Å². The number of sulfonamides is 1. The van der Waals surface area contributed by atoms with Gasteiger partial charge in [0.15, 0.2) is 0 Å². The Morgan fingerprint density at radius 1 is 1.12 bits per heavy atom. The molecule has 32 heavy (non-hydrogen) atoms. The molecule has 0 bridgehead atoms. The quantitative estimate of drug-likeness (QED) is 0.664. The zero-order valence-electron chi connectivity index (χ0n) is 18.4. The minimum Gasteiger partial charge on any atom is -0.337 e. The first kappa shape index (κ1) is 21.2. The van der Waals surface area contributed by atoms with Crippen molar-refractivity contribution >= 4 is 27.9 Å². The summed E-state index contributed by atoms with van der Waals surface area (Å²) in [4.78, 5) is 27.7. The number of benzene rings is 2. The fourth-order valence-electron chi connectivity index (χ4n) is 6.09. The van der Waals surface area contributed by atoms with Gasteiger partial charge in [0, 0.05) is 24.3 Å². The van der Waals surface area contributed by atoms with Crippen LogP contribution < -0.4 is 4.31 Å². The van der Waals surface area contributed by atoms with E-state index in [9.17, 15) is 18.0 Å². The lowest BCUT2D eigenvalue weighted by Crippen LogP contribution is -2.67. The monoisotopic (exact) mass is 452 g/mol. The molecule has 3 aliphatic rings. The first-order chi connectivity index (χ1) is 15.3. The van der Waals surface area contributed by atoms with E-state index in [0.29, 0.717) is 25.1 Å². The molecule has 168 valence electrons. The van der Waals surface area contributed by atoms with E-state index in [2.05, 4.69) is 0 Å². The van der Waals surface area contributed by atoms with Crippen molar-refractivity contribution in [2.45, 2.75) is 62.4 Å². The maximum atomic E-state index is 14.0. The predicted molar refractivity (Wildman–Crippen MR) is 122 cm³/mol. The Labute approximate surface area is 189 Å². The van der Waals surface area contributed by atoms with Gasteiger partial charge in [0.05, 0.1) is 22.7 Å². The number of anilines is 1. The normalized spacial score (nSPS) is 29.3. The molecule has 0 radical (unpaired) electrons. The van der Waals surface area contributed by atoms with E-state index in [1.165, 1.54) is 4.31 Å². The second kappa shape index (κ2) is 7.44. The van der Waals surface area contributed by atoms with Gasteiger partial charge in [0.2, 0.25) is 5.91 Å². The highest BCUT2D eigenvalue weighted by molar-refractivity contribution is 7.92. The van der Waals surface area contributed by atoms with Crippen molar-refractivity contribution in [3.05, 3.63) is 59.7 Å². The summed E-state index contributed by atoms with van der Waals surface area (Å²) in [5.74, 6) is -0.246. The SMILES string of the molecule is CC[C@@]1(C=O)CCCN2C(=O)C[C@@H]3c4ccccc4N(S(=O)(=O)c4ccc(C)cc4)[C@@H]3[C@H]21. The Morgan fingerprint density at radius 2 is 1.84 bits per heavy atom. The zero-order chi connectivity index (χ0) is 22.7. The van der Waals surface area contributed by atoms with Gasteiger partial charge in [0.25, 0.3) is 10.0 Å². The molecule has 2 aromatic rings. The number of aldehydes is 1. The number of rotatable bonds is 4. The Balaban J connectivity index is 1.73. The lowest BCUT2D eigenvalue weighted by Gasteiger charge is -2.55. The van der Waals surface area contributed by atoms with E-state index >= 15 is 0 Å². The van der Waals surface area contributed by atoms with Gasteiger partial charge in [-0.1, -0.05) is 42.8 Å². The van der Waals surface area contributed by atoms with Crippen LogP contribution in [0.5, 0.6) is 0 Å². The standard InChI is InChI=1S/C25H28N2O4S/c1-3-25(16-28)13-6-14-26-22(29)15-20-19-7-4-5-8-21(19)27(23(20)24(25)26)32(30,31)18-11-9-17(2)10-12-18/h4-5,7-12,16,20,23-24H,3,6,13-15H2,1-2H3/t20-,23+,24+,25+/m1/s1.